The molecule has 0 aliphatic rings. The van der Waals surface area contributed by atoms with Crippen LogP contribution in [-0.4, -0.2) is 27.2 Å². The topological polar surface area (TPSA) is 85.8 Å². The average molecular weight is 338 g/mol. The molecule has 0 saturated carbocycles. The molecule has 6 nitrogen and oxygen atoms in total. The average Bonchev–Trinajstić information content (AvgIpc) is 2.93. The molecule has 0 atom stereocenters. The lowest BCUT2D eigenvalue weighted by Gasteiger charge is -2.07. The van der Waals surface area contributed by atoms with Crippen molar-refractivity contribution >= 4 is 24.0 Å². The summed E-state index contributed by atoms with van der Waals surface area (Å²) >= 11 is 0. The van der Waals surface area contributed by atoms with Gasteiger partial charge in [0.1, 0.15) is 6.33 Å². The maximum Gasteiger partial charge on any atom is 0.224 e. The number of nitrogens with two attached hydrogens (primary N) is 1. The van der Waals surface area contributed by atoms with Crippen molar-refractivity contribution in [3.8, 4) is 11.4 Å². The maximum atomic E-state index is 11.9. The molecule has 126 valence electrons. The Kier molecular flexibility index (Phi) is 8.29. The number of rotatable bonds is 8. The van der Waals surface area contributed by atoms with Gasteiger partial charge in [-0.3, -0.25) is 4.79 Å². The highest BCUT2D eigenvalue weighted by atomic mass is 35.5. The van der Waals surface area contributed by atoms with Gasteiger partial charge in [0.2, 0.25) is 5.91 Å². The zero-order valence-corrected chi connectivity index (χ0v) is 14.2. The summed E-state index contributed by atoms with van der Waals surface area (Å²) in [6.07, 6.45) is 6.26. The van der Waals surface area contributed by atoms with Gasteiger partial charge in [-0.15, -0.1) is 22.6 Å². The number of anilines is 1. The molecule has 0 aliphatic carbocycles. The number of nitrogens with one attached hydrogen (secondary N) is 1. The molecule has 7 heteroatoms. The molecule has 0 bridgehead atoms. The van der Waals surface area contributed by atoms with Gasteiger partial charge in [0.05, 0.1) is 0 Å². The van der Waals surface area contributed by atoms with Crippen LogP contribution < -0.4 is 11.1 Å². The van der Waals surface area contributed by atoms with E-state index in [0.717, 1.165) is 49.3 Å². The zero-order chi connectivity index (χ0) is 15.8. The molecule has 2 aromatic rings. The van der Waals surface area contributed by atoms with E-state index < -0.39 is 0 Å². The molecular weight excluding hydrogens is 314 g/mol. The van der Waals surface area contributed by atoms with Gasteiger partial charge in [0, 0.05) is 24.7 Å². The van der Waals surface area contributed by atoms with Gasteiger partial charge in [0.25, 0.3) is 0 Å². The summed E-state index contributed by atoms with van der Waals surface area (Å²) in [5.41, 5.74) is 7.16. The van der Waals surface area contributed by atoms with Crippen molar-refractivity contribution in [1.82, 2.24) is 14.8 Å². The third-order valence-electron chi connectivity index (χ3n) is 3.47. The Morgan fingerprint density at radius 2 is 2.04 bits per heavy atom. The Balaban J connectivity index is 0.00000264. The number of nitrogens with zero attached hydrogens (tertiary/aromatic N) is 3. The molecule has 1 heterocycles. The van der Waals surface area contributed by atoms with E-state index in [1.807, 2.05) is 35.9 Å². The van der Waals surface area contributed by atoms with E-state index >= 15 is 0 Å². The van der Waals surface area contributed by atoms with Crippen LogP contribution in [0.4, 0.5) is 5.69 Å². The van der Waals surface area contributed by atoms with Crippen LogP contribution >= 0.6 is 12.4 Å². The molecule has 2 rings (SSSR count). The molecule has 1 aromatic heterocycles. The van der Waals surface area contributed by atoms with Crippen LogP contribution in [0.25, 0.3) is 11.4 Å². The first-order valence-corrected chi connectivity index (χ1v) is 7.65. The largest absolute Gasteiger partial charge is 0.330 e. The van der Waals surface area contributed by atoms with Gasteiger partial charge in [-0.25, -0.2) is 0 Å². The Morgan fingerprint density at radius 3 is 2.74 bits per heavy atom. The summed E-state index contributed by atoms with van der Waals surface area (Å²) in [6.45, 7) is 0.723. The predicted octanol–water partition coefficient (Wildman–Crippen LogP) is 2.75. The highest BCUT2D eigenvalue weighted by molar-refractivity contribution is 5.91. The molecule has 1 aromatic carbocycles. The summed E-state index contributed by atoms with van der Waals surface area (Å²) in [6, 6.07) is 7.65. The summed E-state index contributed by atoms with van der Waals surface area (Å²) in [4.78, 5) is 11.9. The van der Waals surface area contributed by atoms with Crippen molar-refractivity contribution in [3.05, 3.63) is 30.6 Å². The molecule has 0 saturated heterocycles. The van der Waals surface area contributed by atoms with E-state index in [1.54, 1.807) is 6.33 Å². The van der Waals surface area contributed by atoms with Gasteiger partial charge < -0.3 is 15.6 Å². The highest BCUT2D eigenvalue weighted by Crippen LogP contribution is 2.20. The minimum absolute atomic E-state index is 0. The lowest BCUT2D eigenvalue weighted by molar-refractivity contribution is -0.116. The van der Waals surface area contributed by atoms with Crippen LogP contribution in [-0.2, 0) is 11.8 Å². The Bertz CT molecular complexity index is 614. The summed E-state index contributed by atoms with van der Waals surface area (Å²) < 4.78 is 1.85. The molecule has 0 radical (unpaired) electrons. The highest BCUT2D eigenvalue weighted by Gasteiger charge is 2.07. The van der Waals surface area contributed by atoms with Crippen LogP contribution in [0.15, 0.2) is 30.6 Å². The summed E-state index contributed by atoms with van der Waals surface area (Å²) in [5.74, 6) is 0.820. The fourth-order valence-corrected chi connectivity index (χ4v) is 2.29. The second-order valence-electron chi connectivity index (χ2n) is 5.35. The molecule has 23 heavy (non-hydrogen) atoms. The smallest absolute Gasteiger partial charge is 0.224 e. The Morgan fingerprint density at radius 1 is 1.26 bits per heavy atom. The van der Waals surface area contributed by atoms with Crippen LogP contribution in [0, 0.1) is 0 Å². The van der Waals surface area contributed by atoms with E-state index in [0.29, 0.717) is 6.42 Å². The number of aryl methyl sites for hydroxylation is 1. The van der Waals surface area contributed by atoms with Crippen LogP contribution in [0.3, 0.4) is 0 Å². The Labute approximate surface area is 142 Å². The first-order chi connectivity index (χ1) is 10.7. The number of amides is 1. The SMILES string of the molecule is Cl.Cn1cnnc1-c1cccc(NC(=O)CCCCCCN)c1. The van der Waals surface area contributed by atoms with Crippen molar-refractivity contribution in [2.24, 2.45) is 12.8 Å². The molecule has 1 amide bonds. The standard InChI is InChI=1S/C16H23N5O.ClH/c1-21-12-18-20-16(21)13-7-6-8-14(11-13)19-15(22)9-4-2-3-5-10-17;/h6-8,11-12H,2-5,9-10,17H2,1H3,(H,19,22);1H. The van der Waals surface area contributed by atoms with Crippen molar-refractivity contribution < 1.29 is 4.79 Å². The van der Waals surface area contributed by atoms with Crippen molar-refractivity contribution in [1.29, 1.82) is 0 Å². The third-order valence-corrected chi connectivity index (χ3v) is 3.47. The third kappa shape index (κ3) is 6.00. The van der Waals surface area contributed by atoms with E-state index in [9.17, 15) is 4.79 Å². The van der Waals surface area contributed by atoms with Gasteiger partial charge in [-0.2, -0.15) is 0 Å². The molecule has 0 spiro atoms. The van der Waals surface area contributed by atoms with E-state index in [4.69, 9.17) is 5.73 Å². The van der Waals surface area contributed by atoms with Crippen molar-refractivity contribution in [2.75, 3.05) is 11.9 Å². The molecule has 0 aliphatic heterocycles. The number of aromatic nitrogens is 3. The quantitative estimate of drug-likeness (QED) is 0.725. The number of unbranched alkanes of at least 4 members (excludes halogenated alkanes) is 3. The van der Waals surface area contributed by atoms with E-state index in [1.165, 1.54) is 0 Å². The molecule has 0 fully saturated rings. The van der Waals surface area contributed by atoms with Gasteiger partial charge in [0.15, 0.2) is 5.82 Å². The van der Waals surface area contributed by atoms with Crippen LogP contribution in [0.5, 0.6) is 0 Å². The second kappa shape index (κ2) is 9.97. The van der Waals surface area contributed by atoms with Crippen LogP contribution in [0.1, 0.15) is 32.1 Å². The fraction of sp³-hybridized carbons (Fsp3) is 0.438. The Hall–Kier alpha value is -1.92. The van der Waals surface area contributed by atoms with Gasteiger partial charge in [-0.05, 0) is 31.5 Å². The van der Waals surface area contributed by atoms with E-state index in [2.05, 4.69) is 15.5 Å². The van der Waals surface area contributed by atoms with Crippen molar-refractivity contribution in [3.63, 3.8) is 0 Å². The lowest BCUT2D eigenvalue weighted by atomic mass is 10.1. The maximum absolute atomic E-state index is 11.9. The minimum Gasteiger partial charge on any atom is -0.330 e. The predicted molar refractivity (Wildman–Crippen MR) is 94.5 cm³/mol. The number of hydrogen-bond donors (Lipinski definition) is 2. The number of hydrogen-bond acceptors (Lipinski definition) is 4. The summed E-state index contributed by atoms with van der Waals surface area (Å²) in [7, 11) is 1.89. The number of halogens is 1. The van der Waals surface area contributed by atoms with Crippen molar-refractivity contribution in [2.45, 2.75) is 32.1 Å². The first-order valence-electron chi connectivity index (χ1n) is 7.65. The van der Waals surface area contributed by atoms with Gasteiger partial charge in [-0.1, -0.05) is 25.0 Å². The second-order valence-corrected chi connectivity index (χ2v) is 5.35. The first kappa shape index (κ1) is 19.1. The monoisotopic (exact) mass is 337 g/mol. The number of carbonyl (C=O) groups excluding carboxylic acids is 1. The normalized spacial score (nSPS) is 10.2. The number of benzene rings is 1. The van der Waals surface area contributed by atoms with E-state index in [-0.39, 0.29) is 18.3 Å². The van der Waals surface area contributed by atoms with Gasteiger partial charge >= 0.3 is 0 Å². The fourth-order valence-electron chi connectivity index (χ4n) is 2.29. The summed E-state index contributed by atoms with van der Waals surface area (Å²) in [5, 5.41) is 10.9. The molecule has 3 N–H and O–H groups in total. The number of carbonyl (C=O) groups is 1. The zero-order valence-electron chi connectivity index (χ0n) is 13.4. The molecular formula is C16H24ClN5O. The minimum atomic E-state index is 0. The lowest BCUT2D eigenvalue weighted by Crippen LogP contribution is -2.11. The molecule has 0 unspecified atom stereocenters. The van der Waals surface area contributed by atoms with Crippen LogP contribution in [0.2, 0.25) is 0 Å².